The van der Waals surface area contributed by atoms with Crippen LogP contribution < -0.4 is 4.90 Å². The van der Waals surface area contributed by atoms with Crippen molar-refractivity contribution in [2.75, 3.05) is 24.5 Å². The van der Waals surface area contributed by atoms with Gasteiger partial charge in [-0.25, -0.2) is 9.78 Å². The number of rotatable bonds is 6. The quantitative estimate of drug-likeness (QED) is 0.629. The minimum absolute atomic E-state index is 0.328. The van der Waals surface area contributed by atoms with Crippen LogP contribution in [0.3, 0.4) is 0 Å². The first-order valence-electron chi connectivity index (χ1n) is 10.8. The predicted octanol–water partition coefficient (Wildman–Crippen LogP) is 5.66. The fraction of sp³-hybridized carbons (Fsp3) is 0.739. The molecule has 1 aliphatic rings. The molecule has 0 aliphatic carbocycles. The Morgan fingerprint density at radius 2 is 1.93 bits per heavy atom. The third-order valence-electron chi connectivity index (χ3n) is 4.81. The van der Waals surface area contributed by atoms with Crippen LogP contribution in [0.4, 0.5) is 10.6 Å². The van der Waals surface area contributed by atoms with E-state index in [0.29, 0.717) is 30.2 Å². The van der Waals surface area contributed by atoms with Gasteiger partial charge in [-0.15, -0.1) is 0 Å². The molecule has 0 spiro atoms. The van der Waals surface area contributed by atoms with Gasteiger partial charge in [0.1, 0.15) is 11.4 Å². The largest absolute Gasteiger partial charge is 0.443 e. The maximum atomic E-state index is 12.7. The first-order valence-corrected chi connectivity index (χ1v) is 10.8. The summed E-state index contributed by atoms with van der Waals surface area (Å²) in [7, 11) is 0. The van der Waals surface area contributed by atoms with E-state index in [2.05, 4.69) is 43.6 Å². The summed E-state index contributed by atoms with van der Waals surface area (Å²) < 4.78 is 5.60. The molecule has 28 heavy (non-hydrogen) atoms. The summed E-state index contributed by atoms with van der Waals surface area (Å²) in [6.07, 6.45) is 5.33. The van der Waals surface area contributed by atoms with E-state index in [4.69, 9.17) is 4.74 Å². The zero-order valence-corrected chi connectivity index (χ0v) is 18.9. The molecule has 0 aromatic carbocycles. The van der Waals surface area contributed by atoms with Crippen LogP contribution >= 0.6 is 0 Å². The number of carbonyl (C=O) groups is 1. The molecule has 1 unspecified atom stereocenters. The standard InChI is InChI=1S/C23H39N3O2/c1-17(2)15-25-13-9-8-10-20(25)19-11-12-21(24-14-19)26(16-18(3)4)22(27)28-23(5,6)7/h11-12,14,17-18,20H,8-10,13,15-16H2,1-7H3. The number of anilines is 1. The topological polar surface area (TPSA) is 45.7 Å². The highest BCUT2D eigenvalue weighted by molar-refractivity contribution is 5.86. The van der Waals surface area contributed by atoms with E-state index in [0.717, 1.165) is 13.1 Å². The summed E-state index contributed by atoms with van der Waals surface area (Å²) >= 11 is 0. The Bertz CT molecular complexity index is 620. The Balaban J connectivity index is 2.20. The van der Waals surface area contributed by atoms with Gasteiger partial charge in [0.2, 0.25) is 0 Å². The van der Waals surface area contributed by atoms with Crippen molar-refractivity contribution in [1.82, 2.24) is 9.88 Å². The van der Waals surface area contributed by atoms with Crippen LogP contribution in [0.2, 0.25) is 0 Å². The molecular weight excluding hydrogens is 350 g/mol. The van der Waals surface area contributed by atoms with Crippen LogP contribution in [0.25, 0.3) is 0 Å². The molecule has 0 saturated carbocycles. The number of likely N-dealkylation sites (tertiary alicyclic amines) is 1. The van der Waals surface area contributed by atoms with Crippen molar-refractivity contribution in [3.8, 4) is 0 Å². The Labute approximate surface area is 171 Å². The maximum absolute atomic E-state index is 12.7. The van der Waals surface area contributed by atoms with Crippen LogP contribution in [0.5, 0.6) is 0 Å². The molecule has 0 radical (unpaired) electrons. The molecule has 1 saturated heterocycles. The summed E-state index contributed by atoms with van der Waals surface area (Å²) in [5, 5.41) is 0. The molecule has 0 bridgehead atoms. The zero-order chi connectivity index (χ0) is 20.9. The van der Waals surface area contributed by atoms with Crippen molar-refractivity contribution < 1.29 is 9.53 Å². The SMILES string of the molecule is CC(C)CN(C(=O)OC(C)(C)C)c1ccc(C2CCCCN2CC(C)C)cn1. The predicted molar refractivity (Wildman–Crippen MR) is 116 cm³/mol. The van der Waals surface area contributed by atoms with Crippen LogP contribution in [0, 0.1) is 11.8 Å². The lowest BCUT2D eigenvalue weighted by Gasteiger charge is -2.37. The lowest BCUT2D eigenvalue weighted by atomic mass is 9.95. The summed E-state index contributed by atoms with van der Waals surface area (Å²) in [4.78, 5) is 21.6. The van der Waals surface area contributed by atoms with Crippen molar-refractivity contribution in [3.05, 3.63) is 23.9 Å². The Hall–Kier alpha value is -1.62. The number of nitrogens with zero attached hydrogens (tertiary/aromatic N) is 3. The number of ether oxygens (including phenoxy) is 1. The fourth-order valence-corrected chi connectivity index (χ4v) is 3.75. The maximum Gasteiger partial charge on any atom is 0.416 e. The molecule has 1 aromatic heterocycles. The molecule has 158 valence electrons. The van der Waals surface area contributed by atoms with Crippen molar-refractivity contribution in [2.24, 2.45) is 11.8 Å². The lowest BCUT2D eigenvalue weighted by molar-refractivity contribution is 0.0575. The van der Waals surface area contributed by atoms with Gasteiger partial charge in [0.15, 0.2) is 0 Å². The van der Waals surface area contributed by atoms with E-state index in [1.165, 1.54) is 24.8 Å². The van der Waals surface area contributed by atoms with Crippen molar-refractivity contribution in [2.45, 2.75) is 79.4 Å². The molecule has 1 fully saturated rings. The molecule has 0 N–H and O–H groups in total. The highest BCUT2D eigenvalue weighted by Crippen LogP contribution is 2.32. The van der Waals surface area contributed by atoms with E-state index in [9.17, 15) is 4.79 Å². The Morgan fingerprint density at radius 1 is 1.21 bits per heavy atom. The number of pyridine rings is 1. The highest BCUT2D eigenvalue weighted by Gasteiger charge is 2.27. The minimum atomic E-state index is -0.522. The third kappa shape index (κ3) is 6.77. The first kappa shape index (κ1) is 22.7. The van der Waals surface area contributed by atoms with Crippen LogP contribution in [0.15, 0.2) is 18.3 Å². The zero-order valence-electron chi connectivity index (χ0n) is 18.9. The number of aromatic nitrogens is 1. The Morgan fingerprint density at radius 3 is 2.46 bits per heavy atom. The monoisotopic (exact) mass is 389 g/mol. The summed E-state index contributed by atoms with van der Waals surface area (Å²) in [6.45, 7) is 17.3. The Kier molecular flexibility index (Phi) is 7.87. The molecule has 1 aliphatic heterocycles. The van der Waals surface area contributed by atoms with Gasteiger partial charge in [0.05, 0.1) is 0 Å². The summed E-state index contributed by atoms with van der Waals surface area (Å²) in [6, 6.07) is 4.55. The minimum Gasteiger partial charge on any atom is -0.443 e. The average molecular weight is 390 g/mol. The van der Waals surface area contributed by atoms with E-state index < -0.39 is 5.60 Å². The average Bonchev–Trinajstić information content (AvgIpc) is 2.58. The number of amides is 1. The molecule has 2 rings (SSSR count). The van der Waals surface area contributed by atoms with Crippen LogP contribution in [0.1, 0.15) is 79.3 Å². The smallest absolute Gasteiger partial charge is 0.416 e. The number of hydrogen-bond acceptors (Lipinski definition) is 4. The normalized spacial score (nSPS) is 18.5. The van der Waals surface area contributed by atoms with Crippen molar-refractivity contribution in [3.63, 3.8) is 0 Å². The van der Waals surface area contributed by atoms with E-state index >= 15 is 0 Å². The molecule has 1 amide bonds. The molecule has 1 atom stereocenters. The third-order valence-corrected chi connectivity index (χ3v) is 4.81. The van der Waals surface area contributed by atoms with Gasteiger partial charge in [-0.05, 0) is 63.6 Å². The van der Waals surface area contributed by atoms with Crippen LogP contribution in [-0.2, 0) is 4.74 Å². The second kappa shape index (κ2) is 9.73. The van der Waals surface area contributed by atoms with Gasteiger partial charge >= 0.3 is 6.09 Å². The van der Waals surface area contributed by atoms with E-state index in [1.54, 1.807) is 4.90 Å². The first-order chi connectivity index (χ1) is 13.1. The fourth-order valence-electron chi connectivity index (χ4n) is 3.75. The lowest BCUT2D eigenvalue weighted by Crippen LogP contribution is -2.39. The van der Waals surface area contributed by atoms with Gasteiger partial charge in [0, 0.05) is 25.3 Å². The van der Waals surface area contributed by atoms with Gasteiger partial charge < -0.3 is 4.74 Å². The molecule has 5 nitrogen and oxygen atoms in total. The van der Waals surface area contributed by atoms with Gasteiger partial charge in [-0.3, -0.25) is 9.80 Å². The molecule has 2 heterocycles. The van der Waals surface area contributed by atoms with E-state index in [-0.39, 0.29) is 6.09 Å². The van der Waals surface area contributed by atoms with Gasteiger partial charge in [-0.2, -0.15) is 0 Å². The molecule has 5 heteroatoms. The highest BCUT2D eigenvalue weighted by atomic mass is 16.6. The van der Waals surface area contributed by atoms with E-state index in [1.807, 2.05) is 33.0 Å². The number of carbonyl (C=O) groups excluding carboxylic acids is 1. The van der Waals surface area contributed by atoms with Gasteiger partial charge in [0.25, 0.3) is 0 Å². The number of piperidine rings is 1. The van der Waals surface area contributed by atoms with Gasteiger partial charge in [-0.1, -0.05) is 40.2 Å². The summed E-state index contributed by atoms with van der Waals surface area (Å²) in [5.74, 6) is 1.65. The second-order valence-electron chi connectivity index (χ2n) is 9.83. The molecular formula is C23H39N3O2. The summed E-state index contributed by atoms with van der Waals surface area (Å²) in [5.41, 5.74) is 0.726. The number of hydrogen-bond donors (Lipinski definition) is 0. The second-order valence-corrected chi connectivity index (χ2v) is 9.83. The van der Waals surface area contributed by atoms with Crippen LogP contribution in [-0.4, -0.2) is 41.2 Å². The van der Waals surface area contributed by atoms with Crippen molar-refractivity contribution >= 4 is 11.9 Å². The van der Waals surface area contributed by atoms with Crippen molar-refractivity contribution in [1.29, 1.82) is 0 Å². The molecule has 1 aromatic rings.